The lowest BCUT2D eigenvalue weighted by Crippen LogP contribution is -2.58. The van der Waals surface area contributed by atoms with Gasteiger partial charge in [0, 0.05) is 31.2 Å². The molecule has 1 amide bonds. The second-order valence-electron chi connectivity index (χ2n) is 6.94. The number of carbonyl (C=O) groups is 1. The number of carbonyl (C=O) groups excluding carboxylic acids is 1. The Balaban J connectivity index is 2.40. The van der Waals surface area contributed by atoms with Crippen LogP contribution in [0.15, 0.2) is 0 Å². The van der Waals surface area contributed by atoms with Gasteiger partial charge in [-0.25, -0.2) is 0 Å². The van der Waals surface area contributed by atoms with Crippen molar-refractivity contribution in [2.45, 2.75) is 78.4 Å². The van der Waals surface area contributed by atoms with Gasteiger partial charge in [0.25, 0.3) is 0 Å². The van der Waals surface area contributed by atoms with Crippen molar-refractivity contribution >= 4 is 5.91 Å². The molecule has 1 aliphatic rings. The molecular formula is C17H35N3O. The number of rotatable bonds is 8. The topological polar surface area (TPSA) is 44.4 Å². The van der Waals surface area contributed by atoms with E-state index in [0.717, 1.165) is 32.4 Å². The van der Waals surface area contributed by atoms with Gasteiger partial charge in [-0.3, -0.25) is 9.69 Å². The second-order valence-corrected chi connectivity index (χ2v) is 6.94. The Morgan fingerprint density at radius 3 is 2.52 bits per heavy atom. The summed E-state index contributed by atoms with van der Waals surface area (Å²) in [5.41, 5.74) is 0. The Bertz CT molecular complexity index is 306. The van der Waals surface area contributed by atoms with Crippen LogP contribution in [0.1, 0.15) is 60.3 Å². The van der Waals surface area contributed by atoms with Crippen LogP contribution in [-0.2, 0) is 4.79 Å². The number of hydrogen-bond acceptors (Lipinski definition) is 3. The summed E-state index contributed by atoms with van der Waals surface area (Å²) in [6.45, 7) is 13.5. The molecule has 0 saturated carbocycles. The molecule has 1 rings (SSSR count). The van der Waals surface area contributed by atoms with E-state index in [-0.39, 0.29) is 11.9 Å². The lowest BCUT2D eigenvalue weighted by molar-refractivity contribution is -0.123. The normalized spacial score (nSPS) is 25.0. The van der Waals surface area contributed by atoms with Crippen molar-refractivity contribution in [3.8, 4) is 0 Å². The van der Waals surface area contributed by atoms with E-state index in [1.165, 1.54) is 6.42 Å². The number of nitrogens with one attached hydrogen (secondary N) is 2. The smallest absolute Gasteiger partial charge is 0.234 e. The minimum absolute atomic E-state index is 0.182. The molecule has 0 aromatic rings. The third kappa shape index (κ3) is 6.79. The van der Waals surface area contributed by atoms with E-state index >= 15 is 0 Å². The van der Waals surface area contributed by atoms with Crippen LogP contribution in [0.3, 0.4) is 0 Å². The fourth-order valence-electron chi connectivity index (χ4n) is 2.96. The fourth-order valence-corrected chi connectivity index (χ4v) is 2.96. The van der Waals surface area contributed by atoms with Crippen LogP contribution in [-0.4, -0.2) is 48.6 Å². The van der Waals surface area contributed by atoms with Crippen molar-refractivity contribution in [3.63, 3.8) is 0 Å². The van der Waals surface area contributed by atoms with Crippen LogP contribution in [0.4, 0.5) is 0 Å². The SMILES string of the molecule is CCC1CN(CC(=O)NC(C)CCC(C)C)C(CC)CN1. The summed E-state index contributed by atoms with van der Waals surface area (Å²) in [4.78, 5) is 14.6. The van der Waals surface area contributed by atoms with Crippen molar-refractivity contribution in [1.29, 1.82) is 0 Å². The van der Waals surface area contributed by atoms with Crippen molar-refractivity contribution < 1.29 is 4.79 Å². The molecule has 1 saturated heterocycles. The molecule has 4 heteroatoms. The maximum absolute atomic E-state index is 12.2. The summed E-state index contributed by atoms with van der Waals surface area (Å²) in [6.07, 6.45) is 4.46. The van der Waals surface area contributed by atoms with Gasteiger partial charge in [0.15, 0.2) is 0 Å². The molecule has 0 aromatic heterocycles. The van der Waals surface area contributed by atoms with Gasteiger partial charge < -0.3 is 10.6 Å². The highest BCUT2D eigenvalue weighted by atomic mass is 16.2. The largest absolute Gasteiger partial charge is 0.353 e. The first-order valence-electron chi connectivity index (χ1n) is 8.72. The summed E-state index contributed by atoms with van der Waals surface area (Å²) in [5, 5.41) is 6.73. The summed E-state index contributed by atoms with van der Waals surface area (Å²) < 4.78 is 0. The van der Waals surface area contributed by atoms with Gasteiger partial charge in [-0.1, -0.05) is 27.7 Å². The molecule has 3 unspecified atom stereocenters. The molecule has 1 heterocycles. The molecule has 0 aliphatic carbocycles. The van der Waals surface area contributed by atoms with E-state index in [1.54, 1.807) is 0 Å². The van der Waals surface area contributed by atoms with E-state index in [4.69, 9.17) is 0 Å². The molecule has 0 spiro atoms. The molecule has 3 atom stereocenters. The molecule has 124 valence electrons. The molecule has 4 nitrogen and oxygen atoms in total. The summed E-state index contributed by atoms with van der Waals surface area (Å²) in [7, 11) is 0. The van der Waals surface area contributed by atoms with E-state index in [1.807, 2.05) is 0 Å². The first kappa shape index (κ1) is 18.4. The Labute approximate surface area is 131 Å². The second kappa shape index (κ2) is 9.42. The molecule has 0 radical (unpaired) electrons. The lowest BCUT2D eigenvalue weighted by Gasteiger charge is -2.39. The standard InChI is InChI=1S/C17H35N3O/c1-6-15-11-20(16(7-2)10-18-15)12-17(21)19-14(5)9-8-13(3)4/h13-16,18H,6-12H2,1-5H3,(H,19,21). The average Bonchev–Trinajstić information content (AvgIpc) is 2.44. The average molecular weight is 297 g/mol. The maximum Gasteiger partial charge on any atom is 0.234 e. The first-order chi connectivity index (χ1) is 9.96. The van der Waals surface area contributed by atoms with Crippen molar-refractivity contribution in [2.75, 3.05) is 19.6 Å². The molecule has 1 aliphatic heterocycles. The van der Waals surface area contributed by atoms with E-state index < -0.39 is 0 Å². The zero-order valence-corrected chi connectivity index (χ0v) is 14.6. The van der Waals surface area contributed by atoms with Crippen LogP contribution in [0, 0.1) is 5.92 Å². The van der Waals surface area contributed by atoms with Crippen molar-refractivity contribution in [3.05, 3.63) is 0 Å². The number of piperazine rings is 1. The highest BCUT2D eigenvalue weighted by molar-refractivity contribution is 5.78. The zero-order chi connectivity index (χ0) is 15.8. The van der Waals surface area contributed by atoms with Crippen LogP contribution in [0.25, 0.3) is 0 Å². The minimum atomic E-state index is 0.182. The fraction of sp³-hybridized carbons (Fsp3) is 0.941. The van der Waals surface area contributed by atoms with Crippen molar-refractivity contribution in [1.82, 2.24) is 15.5 Å². The van der Waals surface area contributed by atoms with Gasteiger partial charge in [0.05, 0.1) is 6.54 Å². The van der Waals surface area contributed by atoms with Crippen LogP contribution >= 0.6 is 0 Å². The monoisotopic (exact) mass is 297 g/mol. The van der Waals surface area contributed by atoms with Crippen LogP contribution < -0.4 is 10.6 Å². The van der Waals surface area contributed by atoms with Gasteiger partial charge in [0.2, 0.25) is 5.91 Å². The highest BCUT2D eigenvalue weighted by Crippen LogP contribution is 2.12. The summed E-state index contributed by atoms with van der Waals surface area (Å²) >= 11 is 0. The van der Waals surface area contributed by atoms with Crippen LogP contribution in [0.2, 0.25) is 0 Å². The van der Waals surface area contributed by atoms with Gasteiger partial charge in [0.1, 0.15) is 0 Å². The third-order valence-electron chi connectivity index (χ3n) is 4.51. The van der Waals surface area contributed by atoms with E-state index in [0.29, 0.717) is 24.5 Å². The van der Waals surface area contributed by atoms with Gasteiger partial charge in [-0.05, 0) is 38.5 Å². The van der Waals surface area contributed by atoms with Gasteiger partial charge >= 0.3 is 0 Å². The third-order valence-corrected chi connectivity index (χ3v) is 4.51. The predicted octanol–water partition coefficient (Wildman–Crippen LogP) is 2.39. The quantitative estimate of drug-likeness (QED) is 0.723. The summed E-state index contributed by atoms with van der Waals surface area (Å²) in [6, 6.07) is 1.30. The Morgan fingerprint density at radius 1 is 1.24 bits per heavy atom. The van der Waals surface area contributed by atoms with Crippen molar-refractivity contribution in [2.24, 2.45) is 5.92 Å². The van der Waals surface area contributed by atoms with Gasteiger partial charge in [-0.2, -0.15) is 0 Å². The van der Waals surface area contributed by atoms with E-state index in [9.17, 15) is 4.79 Å². The maximum atomic E-state index is 12.2. The molecule has 0 aromatic carbocycles. The molecular weight excluding hydrogens is 262 g/mol. The molecule has 21 heavy (non-hydrogen) atoms. The molecule has 0 bridgehead atoms. The lowest BCUT2D eigenvalue weighted by atomic mass is 10.0. The minimum Gasteiger partial charge on any atom is -0.353 e. The highest BCUT2D eigenvalue weighted by Gasteiger charge is 2.27. The van der Waals surface area contributed by atoms with Gasteiger partial charge in [-0.15, -0.1) is 0 Å². The number of nitrogens with zero attached hydrogens (tertiary/aromatic N) is 1. The Kier molecular flexibility index (Phi) is 8.27. The Morgan fingerprint density at radius 2 is 1.95 bits per heavy atom. The zero-order valence-electron chi connectivity index (χ0n) is 14.6. The first-order valence-corrected chi connectivity index (χ1v) is 8.72. The summed E-state index contributed by atoms with van der Waals surface area (Å²) in [5.74, 6) is 0.883. The number of amides is 1. The molecule has 2 N–H and O–H groups in total. The Hall–Kier alpha value is -0.610. The number of hydrogen-bond donors (Lipinski definition) is 2. The molecule has 1 fully saturated rings. The van der Waals surface area contributed by atoms with E-state index in [2.05, 4.69) is 50.2 Å². The van der Waals surface area contributed by atoms with Crippen LogP contribution in [0.5, 0.6) is 0 Å². The predicted molar refractivity (Wildman–Crippen MR) is 89.4 cm³/mol.